The van der Waals surface area contributed by atoms with Crippen LogP contribution >= 0.6 is 0 Å². The summed E-state index contributed by atoms with van der Waals surface area (Å²) in [5.74, 6) is 0.793. The average molecular weight is 307 g/mol. The highest BCUT2D eigenvalue weighted by atomic mass is 16.6. The first-order chi connectivity index (χ1) is 10.4. The van der Waals surface area contributed by atoms with Crippen molar-refractivity contribution in [1.29, 1.82) is 0 Å². The van der Waals surface area contributed by atoms with Gasteiger partial charge in [0.15, 0.2) is 0 Å². The summed E-state index contributed by atoms with van der Waals surface area (Å²) in [5, 5.41) is 2.62. The third-order valence-corrected chi connectivity index (χ3v) is 2.53. The van der Waals surface area contributed by atoms with E-state index in [0.29, 0.717) is 26.4 Å². The van der Waals surface area contributed by atoms with E-state index in [0.717, 1.165) is 11.3 Å². The van der Waals surface area contributed by atoms with E-state index in [9.17, 15) is 4.79 Å². The first-order valence-electron chi connectivity index (χ1n) is 7.30. The van der Waals surface area contributed by atoms with Gasteiger partial charge in [-0.15, -0.1) is 0 Å². The minimum Gasteiger partial charge on any atom is -0.491 e. The Morgan fingerprint density at radius 1 is 1.18 bits per heavy atom. The van der Waals surface area contributed by atoms with Gasteiger partial charge in [0, 0.05) is 6.54 Å². The van der Waals surface area contributed by atoms with Crippen LogP contribution in [0.25, 0.3) is 6.08 Å². The molecule has 22 heavy (non-hydrogen) atoms. The molecule has 1 aromatic carbocycles. The summed E-state index contributed by atoms with van der Waals surface area (Å²) in [6.45, 7) is 10.9. The van der Waals surface area contributed by atoms with Gasteiger partial charge < -0.3 is 19.5 Å². The van der Waals surface area contributed by atoms with Crippen molar-refractivity contribution < 1.29 is 19.0 Å². The van der Waals surface area contributed by atoms with Crippen molar-refractivity contribution in [3.8, 4) is 5.75 Å². The van der Waals surface area contributed by atoms with Crippen LogP contribution in [0, 0.1) is 0 Å². The number of hydrogen-bond acceptors (Lipinski definition) is 4. The Morgan fingerprint density at radius 2 is 1.86 bits per heavy atom. The minimum absolute atomic E-state index is 0.406. The molecule has 0 aromatic heterocycles. The third kappa shape index (κ3) is 8.32. The van der Waals surface area contributed by atoms with Crippen LogP contribution in [0.5, 0.6) is 5.75 Å². The Morgan fingerprint density at radius 3 is 2.45 bits per heavy atom. The standard InChI is InChI=1S/C17H25NO4/c1-5-14-6-8-15(9-7-14)21-13-12-20-11-10-18-16(19)22-17(2,3)4/h5-9H,1,10-13H2,2-4H3,(H,18,19). The predicted octanol–water partition coefficient (Wildman–Crippen LogP) is 3.25. The summed E-state index contributed by atoms with van der Waals surface area (Å²) >= 11 is 0. The Labute approximate surface area is 132 Å². The fourth-order valence-corrected chi connectivity index (χ4v) is 1.56. The molecule has 0 aliphatic carbocycles. The van der Waals surface area contributed by atoms with Crippen LogP contribution in [0.2, 0.25) is 0 Å². The van der Waals surface area contributed by atoms with E-state index in [1.807, 2.05) is 45.0 Å². The second-order valence-corrected chi connectivity index (χ2v) is 5.66. The van der Waals surface area contributed by atoms with Gasteiger partial charge in [-0.05, 0) is 38.5 Å². The molecule has 0 saturated heterocycles. The lowest BCUT2D eigenvalue weighted by atomic mass is 10.2. The molecule has 0 unspecified atom stereocenters. The first-order valence-corrected chi connectivity index (χ1v) is 7.30. The smallest absolute Gasteiger partial charge is 0.407 e. The molecule has 5 nitrogen and oxygen atoms in total. The molecule has 0 heterocycles. The monoisotopic (exact) mass is 307 g/mol. The van der Waals surface area contributed by atoms with Crippen molar-refractivity contribution in [1.82, 2.24) is 5.32 Å². The van der Waals surface area contributed by atoms with Crippen LogP contribution in [0.3, 0.4) is 0 Å². The fraction of sp³-hybridized carbons (Fsp3) is 0.471. The maximum atomic E-state index is 11.4. The van der Waals surface area contributed by atoms with Crippen LogP contribution in [-0.4, -0.2) is 38.1 Å². The molecular formula is C17H25NO4. The van der Waals surface area contributed by atoms with Crippen molar-refractivity contribution >= 4 is 12.2 Å². The minimum atomic E-state index is -0.486. The second kappa shape index (κ2) is 9.10. The number of hydrogen-bond donors (Lipinski definition) is 1. The zero-order valence-electron chi connectivity index (χ0n) is 13.6. The van der Waals surface area contributed by atoms with E-state index in [1.54, 1.807) is 6.08 Å². The molecule has 0 bridgehead atoms. The number of alkyl carbamates (subject to hydrolysis) is 1. The lowest BCUT2D eigenvalue weighted by Crippen LogP contribution is -2.34. The highest BCUT2D eigenvalue weighted by Gasteiger charge is 2.15. The maximum absolute atomic E-state index is 11.4. The molecule has 0 atom stereocenters. The number of ether oxygens (including phenoxy) is 3. The molecule has 0 saturated carbocycles. The normalized spacial score (nSPS) is 10.9. The fourth-order valence-electron chi connectivity index (χ4n) is 1.56. The molecule has 5 heteroatoms. The zero-order chi connectivity index (χ0) is 16.4. The third-order valence-electron chi connectivity index (χ3n) is 2.53. The Kier molecular flexibility index (Phi) is 7.46. The number of rotatable bonds is 8. The van der Waals surface area contributed by atoms with Crippen molar-refractivity contribution in [2.75, 3.05) is 26.4 Å². The molecule has 0 fully saturated rings. The lowest BCUT2D eigenvalue weighted by molar-refractivity contribution is 0.0489. The first kappa shape index (κ1) is 18.0. The van der Waals surface area contributed by atoms with Crippen LogP contribution in [0.1, 0.15) is 26.3 Å². The summed E-state index contributed by atoms with van der Waals surface area (Å²) in [7, 11) is 0. The molecule has 0 aliphatic rings. The molecule has 1 N–H and O–H groups in total. The van der Waals surface area contributed by atoms with Crippen molar-refractivity contribution in [3.63, 3.8) is 0 Å². The Bertz CT molecular complexity index is 463. The Hall–Kier alpha value is -2.01. The molecule has 1 aromatic rings. The van der Waals surface area contributed by atoms with Gasteiger partial charge in [0.25, 0.3) is 0 Å². The van der Waals surface area contributed by atoms with Gasteiger partial charge in [-0.25, -0.2) is 4.79 Å². The molecule has 1 rings (SSSR count). The topological polar surface area (TPSA) is 56.8 Å². The van der Waals surface area contributed by atoms with E-state index in [1.165, 1.54) is 0 Å². The summed E-state index contributed by atoms with van der Waals surface area (Å²) in [6.07, 6.45) is 1.35. The van der Waals surface area contributed by atoms with Crippen LogP contribution in [0.4, 0.5) is 4.79 Å². The van der Waals surface area contributed by atoms with Crippen LogP contribution < -0.4 is 10.1 Å². The number of carbonyl (C=O) groups excluding carboxylic acids is 1. The van der Waals surface area contributed by atoms with Gasteiger partial charge in [-0.1, -0.05) is 24.8 Å². The average Bonchev–Trinajstić information content (AvgIpc) is 2.45. The molecular weight excluding hydrogens is 282 g/mol. The van der Waals surface area contributed by atoms with Gasteiger partial charge in [-0.2, -0.15) is 0 Å². The molecule has 0 radical (unpaired) electrons. The van der Waals surface area contributed by atoms with Crippen molar-refractivity contribution in [2.24, 2.45) is 0 Å². The number of carbonyl (C=O) groups is 1. The number of benzene rings is 1. The molecule has 0 spiro atoms. The van der Waals surface area contributed by atoms with E-state index >= 15 is 0 Å². The largest absolute Gasteiger partial charge is 0.491 e. The highest BCUT2D eigenvalue weighted by molar-refractivity contribution is 5.67. The van der Waals surface area contributed by atoms with E-state index < -0.39 is 11.7 Å². The van der Waals surface area contributed by atoms with Gasteiger partial charge in [0.05, 0.1) is 13.2 Å². The summed E-state index contributed by atoms with van der Waals surface area (Å²) in [4.78, 5) is 11.4. The van der Waals surface area contributed by atoms with Crippen molar-refractivity contribution in [2.45, 2.75) is 26.4 Å². The lowest BCUT2D eigenvalue weighted by Gasteiger charge is -2.19. The van der Waals surface area contributed by atoms with Gasteiger partial charge in [0.1, 0.15) is 18.0 Å². The predicted molar refractivity (Wildman–Crippen MR) is 87.1 cm³/mol. The number of amides is 1. The van der Waals surface area contributed by atoms with Crippen LogP contribution in [-0.2, 0) is 9.47 Å². The van der Waals surface area contributed by atoms with E-state index in [2.05, 4.69) is 11.9 Å². The molecule has 122 valence electrons. The zero-order valence-corrected chi connectivity index (χ0v) is 13.6. The van der Waals surface area contributed by atoms with E-state index in [4.69, 9.17) is 14.2 Å². The summed E-state index contributed by atoms with van der Waals surface area (Å²) in [6, 6.07) is 7.66. The van der Waals surface area contributed by atoms with Gasteiger partial charge in [0.2, 0.25) is 0 Å². The van der Waals surface area contributed by atoms with Gasteiger partial charge in [-0.3, -0.25) is 0 Å². The van der Waals surface area contributed by atoms with Gasteiger partial charge >= 0.3 is 6.09 Å². The van der Waals surface area contributed by atoms with Crippen LogP contribution in [0.15, 0.2) is 30.8 Å². The highest BCUT2D eigenvalue weighted by Crippen LogP contribution is 2.12. The van der Waals surface area contributed by atoms with Crippen molar-refractivity contribution in [3.05, 3.63) is 36.4 Å². The molecule has 0 aliphatic heterocycles. The Balaban J connectivity index is 2.03. The molecule has 1 amide bonds. The maximum Gasteiger partial charge on any atom is 0.407 e. The second-order valence-electron chi connectivity index (χ2n) is 5.66. The SMILES string of the molecule is C=Cc1ccc(OCCOCCNC(=O)OC(C)(C)C)cc1. The number of nitrogens with one attached hydrogen (secondary N) is 1. The van der Waals surface area contributed by atoms with E-state index in [-0.39, 0.29) is 0 Å². The quantitative estimate of drug-likeness (QED) is 0.749. The summed E-state index contributed by atoms with van der Waals surface area (Å²) < 4.78 is 16.0. The summed E-state index contributed by atoms with van der Waals surface area (Å²) in [5.41, 5.74) is 0.566.